The third-order valence-corrected chi connectivity index (χ3v) is 5.06. The summed E-state index contributed by atoms with van der Waals surface area (Å²) in [6.07, 6.45) is 3.65. The van der Waals surface area contributed by atoms with Crippen molar-refractivity contribution in [2.75, 3.05) is 18.1 Å². The van der Waals surface area contributed by atoms with Crippen LogP contribution < -0.4 is 10.6 Å². The molecule has 4 heteroatoms. The highest BCUT2D eigenvalue weighted by Gasteiger charge is 2.29. The Morgan fingerprint density at radius 3 is 2.82 bits per heavy atom. The van der Waals surface area contributed by atoms with Crippen molar-refractivity contribution in [2.24, 2.45) is 11.8 Å². The number of nitrogens with one attached hydrogen (secondary N) is 2. The molecule has 0 aromatic rings. The van der Waals surface area contributed by atoms with Crippen LogP contribution in [-0.4, -0.2) is 36.0 Å². The molecule has 0 bridgehead atoms. The summed E-state index contributed by atoms with van der Waals surface area (Å²) in [5.74, 6) is 3.70. The van der Waals surface area contributed by atoms with Crippen LogP contribution in [0.15, 0.2) is 0 Å². The average molecular weight is 256 g/mol. The van der Waals surface area contributed by atoms with Gasteiger partial charge in [0.05, 0.1) is 6.04 Å². The number of rotatable bonds is 2. The Balaban J connectivity index is 1.81. The minimum absolute atomic E-state index is 0.0281. The van der Waals surface area contributed by atoms with Crippen molar-refractivity contribution in [2.45, 2.75) is 45.2 Å². The van der Waals surface area contributed by atoms with E-state index in [-0.39, 0.29) is 11.9 Å². The van der Waals surface area contributed by atoms with Gasteiger partial charge in [0, 0.05) is 24.1 Å². The average Bonchev–Trinajstić information content (AvgIpc) is 2.34. The van der Waals surface area contributed by atoms with Crippen LogP contribution >= 0.6 is 11.8 Å². The van der Waals surface area contributed by atoms with E-state index in [1.807, 2.05) is 11.8 Å². The van der Waals surface area contributed by atoms with Gasteiger partial charge in [-0.05, 0) is 31.1 Å². The van der Waals surface area contributed by atoms with E-state index in [9.17, 15) is 4.79 Å². The molecule has 1 heterocycles. The second-order valence-corrected chi connectivity index (χ2v) is 6.74. The number of carbonyl (C=O) groups excluding carboxylic acids is 1. The van der Waals surface area contributed by atoms with Gasteiger partial charge in [0.15, 0.2) is 0 Å². The van der Waals surface area contributed by atoms with Crippen molar-refractivity contribution in [3.8, 4) is 0 Å². The number of thioether (sulfide) groups is 1. The molecule has 2 rings (SSSR count). The molecule has 3 nitrogen and oxygen atoms in total. The maximum Gasteiger partial charge on any atom is 0.238 e. The van der Waals surface area contributed by atoms with Gasteiger partial charge < -0.3 is 10.6 Å². The lowest BCUT2D eigenvalue weighted by atomic mass is 9.80. The van der Waals surface area contributed by atoms with Gasteiger partial charge in [-0.2, -0.15) is 11.8 Å². The molecule has 2 N–H and O–H groups in total. The highest BCUT2D eigenvalue weighted by Crippen LogP contribution is 2.28. The zero-order valence-electron chi connectivity index (χ0n) is 10.9. The van der Waals surface area contributed by atoms with Crippen LogP contribution in [-0.2, 0) is 4.79 Å². The maximum atomic E-state index is 12.1. The summed E-state index contributed by atoms with van der Waals surface area (Å²) in [6.45, 7) is 5.54. The molecule has 0 aromatic heterocycles. The Bertz CT molecular complexity index is 266. The van der Waals surface area contributed by atoms with Crippen LogP contribution in [0.25, 0.3) is 0 Å². The van der Waals surface area contributed by atoms with Crippen LogP contribution in [0, 0.1) is 11.8 Å². The van der Waals surface area contributed by atoms with E-state index >= 15 is 0 Å². The summed E-state index contributed by atoms with van der Waals surface area (Å²) < 4.78 is 0. The van der Waals surface area contributed by atoms with Crippen molar-refractivity contribution in [1.29, 1.82) is 0 Å². The molecule has 4 unspecified atom stereocenters. The molecule has 1 saturated heterocycles. The Labute approximate surface area is 108 Å². The van der Waals surface area contributed by atoms with Gasteiger partial charge in [0.2, 0.25) is 5.91 Å². The Kier molecular flexibility index (Phi) is 4.74. The molecule has 1 aliphatic heterocycles. The first kappa shape index (κ1) is 13.2. The largest absolute Gasteiger partial charge is 0.352 e. The van der Waals surface area contributed by atoms with Gasteiger partial charge in [-0.3, -0.25) is 4.79 Å². The SMILES string of the molecule is CC1CCC(NC(=O)C2CSCCN2)C(C)C1. The van der Waals surface area contributed by atoms with E-state index in [2.05, 4.69) is 24.5 Å². The Morgan fingerprint density at radius 2 is 2.18 bits per heavy atom. The smallest absolute Gasteiger partial charge is 0.238 e. The van der Waals surface area contributed by atoms with Crippen LogP contribution in [0.5, 0.6) is 0 Å². The third kappa shape index (κ3) is 3.62. The minimum atomic E-state index is 0.0281. The molecular formula is C13H24N2OS. The fourth-order valence-corrected chi connectivity index (χ4v) is 3.83. The lowest BCUT2D eigenvalue weighted by Crippen LogP contribution is -2.53. The molecule has 1 amide bonds. The van der Waals surface area contributed by atoms with Crippen molar-refractivity contribution < 1.29 is 4.79 Å². The lowest BCUT2D eigenvalue weighted by molar-refractivity contribution is -0.124. The predicted molar refractivity (Wildman–Crippen MR) is 73.2 cm³/mol. The maximum absolute atomic E-state index is 12.1. The van der Waals surface area contributed by atoms with Gasteiger partial charge in [0.1, 0.15) is 0 Å². The van der Waals surface area contributed by atoms with Crippen molar-refractivity contribution in [1.82, 2.24) is 10.6 Å². The number of hydrogen-bond acceptors (Lipinski definition) is 3. The molecule has 1 aliphatic carbocycles. The van der Waals surface area contributed by atoms with Crippen LogP contribution in [0.2, 0.25) is 0 Å². The zero-order chi connectivity index (χ0) is 12.3. The number of amides is 1. The van der Waals surface area contributed by atoms with Gasteiger partial charge in [0.25, 0.3) is 0 Å². The summed E-state index contributed by atoms with van der Waals surface area (Å²) in [5, 5.41) is 6.54. The highest BCUT2D eigenvalue weighted by atomic mass is 32.2. The van der Waals surface area contributed by atoms with E-state index in [1.54, 1.807) is 0 Å². The summed E-state index contributed by atoms with van der Waals surface area (Å²) >= 11 is 1.87. The van der Waals surface area contributed by atoms with Gasteiger partial charge in [-0.1, -0.05) is 13.8 Å². The fourth-order valence-electron chi connectivity index (χ4n) is 2.90. The molecule has 0 radical (unpaired) electrons. The summed E-state index contributed by atoms with van der Waals surface area (Å²) in [4.78, 5) is 12.1. The predicted octanol–water partition coefficient (Wildman–Crippen LogP) is 1.63. The summed E-state index contributed by atoms with van der Waals surface area (Å²) in [7, 11) is 0. The summed E-state index contributed by atoms with van der Waals surface area (Å²) in [6, 6.07) is 0.424. The first-order valence-electron chi connectivity index (χ1n) is 6.78. The van der Waals surface area contributed by atoms with E-state index in [0.29, 0.717) is 12.0 Å². The van der Waals surface area contributed by atoms with Gasteiger partial charge in [-0.15, -0.1) is 0 Å². The molecule has 2 aliphatic rings. The Morgan fingerprint density at radius 1 is 1.35 bits per heavy atom. The van der Waals surface area contributed by atoms with E-state index in [0.717, 1.165) is 30.4 Å². The minimum Gasteiger partial charge on any atom is -0.352 e. The van der Waals surface area contributed by atoms with Crippen molar-refractivity contribution in [3.63, 3.8) is 0 Å². The first-order valence-corrected chi connectivity index (χ1v) is 7.94. The van der Waals surface area contributed by atoms with E-state index < -0.39 is 0 Å². The third-order valence-electron chi connectivity index (χ3n) is 4.00. The fraction of sp³-hybridized carbons (Fsp3) is 0.923. The standard InChI is InChI=1S/C13H24N2OS/c1-9-3-4-11(10(2)7-9)15-13(16)12-8-17-6-5-14-12/h9-12,14H,3-8H2,1-2H3,(H,15,16). The highest BCUT2D eigenvalue weighted by molar-refractivity contribution is 7.99. The van der Waals surface area contributed by atoms with Crippen LogP contribution in [0.1, 0.15) is 33.1 Å². The Hall–Kier alpha value is -0.220. The molecule has 2 fully saturated rings. The van der Waals surface area contributed by atoms with Gasteiger partial charge >= 0.3 is 0 Å². The first-order chi connectivity index (χ1) is 8.16. The van der Waals surface area contributed by atoms with E-state index in [4.69, 9.17) is 0 Å². The molecule has 4 atom stereocenters. The van der Waals surface area contributed by atoms with Crippen LogP contribution in [0.4, 0.5) is 0 Å². The lowest BCUT2D eigenvalue weighted by Gasteiger charge is -2.34. The second-order valence-electron chi connectivity index (χ2n) is 5.59. The second kappa shape index (κ2) is 6.10. The topological polar surface area (TPSA) is 41.1 Å². The quantitative estimate of drug-likeness (QED) is 0.789. The monoisotopic (exact) mass is 256 g/mol. The molecule has 1 saturated carbocycles. The molecule has 17 heavy (non-hydrogen) atoms. The van der Waals surface area contributed by atoms with Gasteiger partial charge in [-0.25, -0.2) is 0 Å². The normalized spacial score (nSPS) is 38.7. The molecule has 0 spiro atoms. The summed E-state index contributed by atoms with van der Waals surface area (Å²) in [5.41, 5.74) is 0. The van der Waals surface area contributed by atoms with E-state index in [1.165, 1.54) is 12.8 Å². The molecular weight excluding hydrogens is 232 g/mol. The zero-order valence-corrected chi connectivity index (χ0v) is 11.7. The van der Waals surface area contributed by atoms with Crippen LogP contribution in [0.3, 0.4) is 0 Å². The van der Waals surface area contributed by atoms with Crippen molar-refractivity contribution in [3.05, 3.63) is 0 Å². The molecule has 98 valence electrons. The number of carbonyl (C=O) groups is 1. The molecule has 0 aromatic carbocycles. The number of hydrogen-bond donors (Lipinski definition) is 2. The van der Waals surface area contributed by atoms with Crippen molar-refractivity contribution >= 4 is 17.7 Å².